The summed E-state index contributed by atoms with van der Waals surface area (Å²) >= 11 is 0. The summed E-state index contributed by atoms with van der Waals surface area (Å²) < 4.78 is 5.73. The van der Waals surface area contributed by atoms with Gasteiger partial charge in [0.05, 0.1) is 43.7 Å². The summed E-state index contributed by atoms with van der Waals surface area (Å²) in [4.78, 5) is 18.7. The number of benzene rings is 1. The fraction of sp³-hybridized carbons (Fsp3) is 0.364. The number of nitrogens with zero attached hydrogens (tertiary/aromatic N) is 7. The van der Waals surface area contributed by atoms with Crippen LogP contribution in [0.1, 0.15) is 12.1 Å². The molecule has 2 aromatic heterocycles. The number of anilines is 2. The lowest BCUT2D eigenvalue weighted by atomic mass is 9.88. The minimum absolute atomic E-state index is 0.0197. The number of methoxy groups -OCH3 is 1. The van der Waals surface area contributed by atoms with Crippen LogP contribution >= 0.6 is 0 Å². The maximum absolute atomic E-state index is 13.0. The van der Waals surface area contributed by atoms with E-state index in [9.17, 15) is 4.79 Å². The molecule has 2 saturated heterocycles. The predicted molar refractivity (Wildman–Crippen MR) is 125 cm³/mol. The summed E-state index contributed by atoms with van der Waals surface area (Å²) in [6, 6.07) is 12.7. The number of hydrogen-bond acceptors (Lipinski definition) is 11. The number of para-hydroxylation sites is 1. The van der Waals surface area contributed by atoms with Crippen molar-refractivity contribution in [3.63, 3.8) is 0 Å². The highest BCUT2D eigenvalue weighted by molar-refractivity contribution is 5.83. The molecule has 4 N–H and O–H groups in total. The number of aromatic nitrogens is 5. The molecule has 0 spiro atoms. The Labute approximate surface area is 201 Å². The first-order valence-electron chi connectivity index (χ1n) is 11.1. The highest BCUT2D eigenvalue weighted by atomic mass is 16.5. The second kappa shape index (κ2) is 9.16. The van der Waals surface area contributed by atoms with E-state index >= 15 is 0 Å². The molecule has 4 unspecified atom stereocenters. The second-order valence-electron chi connectivity index (χ2n) is 8.39. The van der Waals surface area contributed by atoms with Crippen LogP contribution in [0.5, 0.6) is 5.75 Å². The molecule has 4 atom stereocenters. The molecule has 5 rings (SSSR count). The number of carbonyl (C=O) groups excluding carboxylic acids is 1. The van der Waals surface area contributed by atoms with Gasteiger partial charge in [0.25, 0.3) is 0 Å². The fourth-order valence-corrected chi connectivity index (χ4v) is 4.59. The molecule has 0 saturated carbocycles. The van der Waals surface area contributed by atoms with Crippen molar-refractivity contribution >= 4 is 17.4 Å². The zero-order chi connectivity index (χ0) is 24.5. The number of fused-ring (bicyclic) bond motifs is 1. The number of hydrazine groups is 1. The largest absolute Gasteiger partial charge is 0.494 e. The number of amides is 1. The van der Waals surface area contributed by atoms with E-state index in [0.717, 1.165) is 0 Å². The first-order chi connectivity index (χ1) is 17.0. The molecule has 13 nitrogen and oxygen atoms in total. The molecule has 1 aromatic carbocycles. The van der Waals surface area contributed by atoms with Crippen LogP contribution < -0.4 is 26.1 Å². The van der Waals surface area contributed by atoms with Gasteiger partial charge in [-0.05, 0) is 29.5 Å². The van der Waals surface area contributed by atoms with E-state index in [2.05, 4.69) is 41.8 Å². The monoisotopic (exact) mass is 475 g/mol. The number of carbonyl (C=O) groups is 1. The van der Waals surface area contributed by atoms with Crippen LogP contribution in [0.3, 0.4) is 0 Å². The van der Waals surface area contributed by atoms with Gasteiger partial charge in [-0.2, -0.15) is 10.1 Å². The maximum Gasteiger partial charge on any atom is 0.244 e. The van der Waals surface area contributed by atoms with Gasteiger partial charge in [0.15, 0.2) is 5.75 Å². The number of ether oxygens (including phenoxy) is 1. The highest BCUT2D eigenvalue weighted by Crippen LogP contribution is 2.37. The minimum Gasteiger partial charge on any atom is -0.494 e. The van der Waals surface area contributed by atoms with Crippen LogP contribution in [0.4, 0.5) is 11.5 Å². The van der Waals surface area contributed by atoms with Gasteiger partial charge < -0.3 is 15.4 Å². The van der Waals surface area contributed by atoms with E-state index in [-0.39, 0.29) is 30.2 Å². The smallest absolute Gasteiger partial charge is 0.244 e. The number of piperidine rings is 1. The zero-order valence-corrected chi connectivity index (χ0v) is 19.4. The van der Waals surface area contributed by atoms with Crippen molar-refractivity contribution in [2.24, 2.45) is 13.0 Å². The molecule has 4 heterocycles. The molecule has 3 aromatic rings. The van der Waals surface area contributed by atoms with Crippen LogP contribution in [-0.2, 0) is 11.8 Å². The van der Waals surface area contributed by atoms with Crippen LogP contribution in [0.25, 0.3) is 11.4 Å². The van der Waals surface area contributed by atoms with Gasteiger partial charge >= 0.3 is 0 Å². The molecule has 13 heteroatoms. The topological polar surface area (TPSA) is 158 Å². The number of rotatable bonds is 6. The van der Waals surface area contributed by atoms with Gasteiger partial charge in [0.2, 0.25) is 11.7 Å². The van der Waals surface area contributed by atoms with Crippen molar-refractivity contribution < 1.29 is 9.53 Å². The standard InChI is InChI=1S/C22H25N11O2/c1-32-22(34)18-15(10-17(27-21(18)29-32)26-16-9-4-6-12(11-23)24-16)25-14-8-5-7-13(19(14)35-3)20-28-31-33(2)30-20/h4-9,15,17-18,21,25,27,29H,10H2,1-3H3,(H,24,26). The van der Waals surface area contributed by atoms with Crippen molar-refractivity contribution in [1.82, 2.24) is 40.9 Å². The average molecular weight is 476 g/mol. The van der Waals surface area contributed by atoms with Gasteiger partial charge in [0.1, 0.15) is 17.6 Å². The molecule has 35 heavy (non-hydrogen) atoms. The average Bonchev–Trinajstić information content (AvgIpc) is 3.41. The van der Waals surface area contributed by atoms with Crippen LogP contribution in [0, 0.1) is 17.2 Å². The van der Waals surface area contributed by atoms with E-state index in [4.69, 9.17) is 10.00 Å². The van der Waals surface area contributed by atoms with Crippen molar-refractivity contribution in [2.45, 2.75) is 24.8 Å². The maximum atomic E-state index is 13.0. The Balaban J connectivity index is 1.44. The summed E-state index contributed by atoms with van der Waals surface area (Å²) in [7, 11) is 4.99. The Bertz CT molecular complexity index is 1290. The van der Waals surface area contributed by atoms with Crippen molar-refractivity contribution in [3.8, 4) is 23.2 Å². The third-order valence-electron chi connectivity index (χ3n) is 6.11. The molecule has 0 radical (unpaired) electrons. The number of aryl methyl sites for hydroxylation is 1. The van der Waals surface area contributed by atoms with Gasteiger partial charge in [-0.25, -0.2) is 10.4 Å². The molecule has 0 bridgehead atoms. The normalized spacial score (nSPS) is 23.5. The first-order valence-corrected chi connectivity index (χ1v) is 11.1. The number of hydrogen-bond donors (Lipinski definition) is 4. The fourth-order valence-electron chi connectivity index (χ4n) is 4.59. The molecular weight excluding hydrogens is 450 g/mol. The molecule has 2 aliphatic heterocycles. The number of nitriles is 1. The second-order valence-corrected chi connectivity index (χ2v) is 8.39. The first kappa shape index (κ1) is 22.5. The predicted octanol–water partition coefficient (Wildman–Crippen LogP) is 0.283. The summed E-state index contributed by atoms with van der Waals surface area (Å²) in [5, 5.41) is 33.3. The minimum atomic E-state index is -0.362. The quantitative estimate of drug-likeness (QED) is 0.388. The lowest BCUT2D eigenvalue weighted by Gasteiger charge is -2.39. The summed E-state index contributed by atoms with van der Waals surface area (Å²) in [5.41, 5.74) is 4.92. The van der Waals surface area contributed by atoms with Crippen molar-refractivity contribution in [3.05, 3.63) is 42.1 Å². The van der Waals surface area contributed by atoms with E-state index in [1.807, 2.05) is 24.3 Å². The van der Waals surface area contributed by atoms with Gasteiger partial charge in [-0.15, -0.1) is 10.2 Å². The lowest BCUT2D eigenvalue weighted by Crippen LogP contribution is -2.60. The number of pyridine rings is 1. The SMILES string of the molecule is COc1c(NC2CC(Nc3cccc(C#N)n3)NC3NN(C)C(=O)C23)cccc1-c1nnn(C)n1. The molecule has 1 amide bonds. The van der Waals surface area contributed by atoms with Gasteiger partial charge in [-0.3, -0.25) is 15.1 Å². The van der Waals surface area contributed by atoms with Crippen LogP contribution in [0.15, 0.2) is 36.4 Å². The van der Waals surface area contributed by atoms with Gasteiger partial charge in [0, 0.05) is 19.5 Å². The molecule has 0 aliphatic carbocycles. The van der Waals surface area contributed by atoms with E-state index in [0.29, 0.717) is 40.8 Å². The Morgan fingerprint density at radius 1 is 1.20 bits per heavy atom. The van der Waals surface area contributed by atoms with Crippen molar-refractivity contribution in [2.75, 3.05) is 24.8 Å². The number of tetrazole rings is 1. The highest BCUT2D eigenvalue weighted by Gasteiger charge is 2.48. The summed E-state index contributed by atoms with van der Waals surface area (Å²) in [6.07, 6.45) is 0.0292. The lowest BCUT2D eigenvalue weighted by molar-refractivity contribution is -0.131. The Morgan fingerprint density at radius 3 is 2.77 bits per heavy atom. The Morgan fingerprint density at radius 2 is 2.03 bits per heavy atom. The van der Waals surface area contributed by atoms with E-state index < -0.39 is 0 Å². The van der Waals surface area contributed by atoms with Crippen molar-refractivity contribution in [1.29, 1.82) is 5.26 Å². The third-order valence-corrected chi connectivity index (χ3v) is 6.11. The van der Waals surface area contributed by atoms with Crippen LogP contribution in [-0.4, -0.2) is 68.6 Å². The number of nitrogens with one attached hydrogen (secondary N) is 4. The molecular formula is C22H25N11O2. The summed E-state index contributed by atoms with van der Waals surface area (Å²) in [5.74, 6) is 1.20. The Kier molecular flexibility index (Phi) is 5.89. The van der Waals surface area contributed by atoms with Crippen LogP contribution in [0.2, 0.25) is 0 Å². The zero-order valence-electron chi connectivity index (χ0n) is 19.4. The molecule has 2 aliphatic rings. The van der Waals surface area contributed by atoms with E-state index in [1.165, 1.54) is 9.81 Å². The van der Waals surface area contributed by atoms with E-state index in [1.54, 1.807) is 39.4 Å². The third kappa shape index (κ3) is 4.32. The Hall–Kier alpha value is -4.28. The molecule has 180 valence electrons. The van der Waals surface area contributed by atoms with Gasteiger partial charge in [-0.1, -0.05) is 12.1 Å². The molecule has 2 fully saturated rings. The summed E-state index contributed by atoms with van der Waals surface area (Å²) in [6.45, 7) is 0.